The number of carbonyl (C=O) groups excluding carboxylic acids is 1. The molecule has 5 rings (SSSR count). The molecule has 0 unspecified atom stereocenters. The van der Waals surface area contributed by atoms with Crippen molar-refractivity contribution in [1.29, 1.82) is 0 Å². The normalized spacial score (nSPS) is 12.5. The molecule has 2 heterocycles. The van der Waals surface area contributed by atoms with Crippen LogP contribution in [0.25, 0.3) is 10.2 Å². The number of methoxy groups -OCH3 is 1. The zero-order valence-electron chi connectivity index (χ0n) is 16.9. The van der Waals surface area contributed by atoms with Crippen molar-refractivity contribution in [2.24, 2.45) is 0 Å². The van der Waals surface area contributed by atoms with E-state index in [1.54, 1.807) is 30.2 Å². The first-order valence-electron chi connectivity index (χ1n) is 9.91. The number of hydrogen-bond donors (Lipinski definition) is 0. The Labute approximate surface area is 183 Å². The molecule has 0 N–H and O–H groups in total. The maximum Gasteiger partial charge on any atom is 0.260 e. The lowest BCUT2D eigenvalue weighted by Crippen LogP contribution is -2.30. The molecule has 3 aromatic carbocycles. The van der Waals surface area contributed by atoms with Crippen LogP contribution in [-0.4, -0.2) is 31.2 Å². The molecule has 0 saturated heterocycles. The molecular weight excluding hydrogens is 412 g/mol. The number of nitrogens with zero attached hydrogens (tertiary/aromatic N) is 2. The van der Waals surface area contributed by atoms with E-state index in [1.165, 1.54) is 11.3 Å². The molecule has 7 heteroatoms. The van der Waals surface area contributed by atoms with Gasteiger partial charge in [0.25, 0.3) is 5.91 Å². The van der Waals surface area contributed by atoms with Crippen molar-refractivity contribution in [3.63, 3.8) is 0 Å². The lowest BCUT2D eigenvalue weighted by atomic mass is 10.1. The molecule has 1 aromatic heterocycles. The second-order valence-corrected chi connectivity index (χ2v) is 8.07. The number of rotatable bonds is 5. The van der Waals surface area contributed by atoms with Crippen LogP contribution in [0, 0.1) is 0 Å². The van der Waals surface area contributed by atoms with Crippen molar-refractivity contribution in [3.05, 3.63) is 77.9 Å². The molecule has 1 aliphatic heterocycles. The fourth-order valence-corrected chi connectivity index (χ4v) is 4.45. The van der Waals surface area contributed by atoms with E-state index in [0.29, 0.717) is 42.0 Å². The Morgan fingerprint density at radius 3 is 2.65 bits per heavy atom. The zero-order chi connectivity index (χ0) is 21.2. The maximum atomic E-state index is 13.6. The molecular formula is C24H20N2O4S. The number of hydrogen-bond acceptors (Lipinski definition) is 6. The molecule has 1 aliphatic rings. The van der Waals surface area contributed by atoms with Crippen molar-refractivity contribution < 1.29 is 19.0 Å². The van der Waals surface area contributed by atoms with Gasteiger partial charge in [0.15, 0.2) is 16.6 Å². The third-order valence-corrected chi connectivity index (χ3v) is 6.07. The minimum Gasteiger partial charge on any atom is -0.497 e. The highest BCUT2D eigenvalue weighted by molar-refractivity contribution is 7.22. The molecule has 1 amide bonds. The van der Waals surface area contributed by atoms with Crippen LogP contribution in [-0.2, 0) is 6.54 Å². The molecule has 0 spiro atoms. The number of carbonyl (C=O) groups is 1. The number of amides is 1. The van der Waals surface area contributed by atoms with Gasteiger partial charge in [0.1, 0.15) is 19.0 Å². The topological polar surface area (TPSA) is 60.9 Å². The number of thiazole rings is 1. The van der Waals surface area contributed by atoms with Gasteiger partial charge < -0.3 is 14.2 Å². The van der Waals surface area contributed by atoms with E-state index < -0.39 is 0 Å². The van der Waals surface area contributed by atoms with Gasteiger partial charge in [-0.3, -0.25) is 9.69 Å². The van der Waals surface area contributed by atoms with Crippen molar-refractivity contribution >= 4 is 32.6 Å². The summed E-state index contributed by atoms with van der Waals surface area (Å²) in [4.78, 5) is 20.0. The summed E-state index contributed by atoms with van der Waals surface area (Å²) >= 11 is 1.46. The summed E-state index contributed by atoms with van der Waals surface area (Å²) in [5.41, 5.74) is 2.37. The molecule has 156 valence electrons. The number of benzene rings is 3. The molecule has 4 aromatic rings. The van der Waals surface area contributed by atoms with E-state index in [2.05, 4.69) is 0 Å². The van der Waals surface area contributed by atoms with Gasteiger partial charge in [0, 0.05) is 5.56 Å². The third-order valence-electron chi connectivity index (χ3n) is 5.03. The number of anilines is 1. The Morgan fingerprint density at radius 2 is 1.84 bits per heavy atom. The lowest BCUT2D eigenvalue weighted by Gasteiger charge is -2.22. The molecule has 6 nitrogen and oxygen atoms in total. The number of aromatic nitrogens is 1. The van der Waals surface area contributed by atoms with Crippen LogP contribution in [0.2, 0.25) is 0 Å². The minimum atomic E-state index is -0.146. The summed E-state index contributed by atoms with van der Waals surface area (Å²) in [5, 5.41) is 0.631. The van der Waals surface area contributed by atoms with E-state index >= 15 is 0 Å². The molecule has 31 heavy (non-hydrogen) atoms. The van der Waals surface area contributed by atoms with E-state index in [9.17, 15) is 4.79 Å². The average Bonchev–Trinajstić information content (AvgIpc) is 3.25. The minimum absolute atomic E-state index is 0.146. The predicted octanol–water partition coefficient (Wildman–Crippen LogP) is 4.92. The molecule has 0 saturated carbocycles. The first kappa shape index (κ1) is 19.4. The lowest BCUT2D eigenvalue weighted by molar-refractivity contribution is 0.0984. The van der Waals surface area contributed by atoms with Gasteiger partial charge in [-0.15, -0.1) is 0 Å². The van der Waals surface area contributed by atoms with E-state index in [1.807, 2.05) is 48.5 Å². The van der Waals surface area contributed by atoms with Crippen molar-refractivity contribution in [2.75, 3.05) is 25.2 Å². The monoisotopic (exact) mass is 432 g/mol. The zero-order valence-corrected chi connectivity index (χ0v) is 17.7. The summed E-state index contributed by atoms with van der Waals surface area (Å²) in [6, 6.07) is 20.9. The van der Waals surface area contributed by atoms with Crippen LogP contribution in [0.3, 0.4) is 0 Å². The van der Waals surface area contributed by atoms with Gasteiger partial charge in [0.2, 0.25) is 0 Å². The Hall–Kier alpha value is -3.58. The predicted molar refractivity (Wildman–Crippen MR) is 121 cm³/mol. The van der Waals surface area contributed by atoms with E-state index in [4.69, 9.17) is 19.2 Å². The van der Waals surface area contributed by atoms with Crippen LogP contribution in [0.5, 0.6) is 17.2 Å². The SMILES string of the molecule is COc1ccc2nc(N(Cc3ccccc3)C(=O)c3ccc4c(c3)OCCO4)sc2c1. The molecule has 0 radical (unpaired) electrons. The van der Waals surface area contributed by atoms with Gasteiger partial charge >= 0.3 is 0 Å². The molecule has 0 bridgehead atoms. The summed E-state index contributed by atoms with van der Waals surface area (Å²) in [6.45, 7) is 1.39. The fraction of sp³-hybridized carbons (Fsp3) is 0.167. The molecule has 0 aliphatic carbocycles. The molecule has 0 fully saturated rings. The summed E-state index contributed by atoms with van der Waals surface area (Å²) in [5.74, 6) is 1.86. The first-order chi connectivity index (χ1) is 15.2. The van der Waals surface area contributed by atoms with Gasteiger partial charge in [-0.25, -0.2) is 4.98 Å². The number of ether oxygens (including phenoxy) is 3. The maximum absolute atomic E-state index is 13.6. The van der Waals surface area contributed by atoms with Crippen LogP contribution in [0.15, 0.2) is 66.7 Å². The summed E-state index contributed by atoms with van der Waals surface area (Å²) in [6.07, 6.45) is 0. The van der Waals surface area contributed by atoms with Crippen molar-refractivity contribution in [1.82, 2.24) is 4.98 Å². The summed E-state index contributed by atoms with van der Waals surface area (Å²) < 4.78 is 17.5. The Balaban J connectivity index is 1.54. The average molecular weight is 433 g/mol. The summed E-state index contributed by atoms with van der Waals surface area (Å²) in [7, 11) is 1.64. The highest BCUT2D eigenvalue weighted by atomic mass is 32.1. The fourth-order valence-electron chi connectivity index (χ4n) is 3.46. The van der Waals surface area contributed by atoms with Crippen molar-refractivity contribution in [2.45, 2.75) is 6.54 Å². The first-order valence-corrected chi connectivity index (χ1v) is 10.7. The van der Waals surface area contributed by atoms with Gasteiger partial charge in [-0.1, -0.05) is 41.7 Å². The van der Waals surface area contributed by atoms with Crippen LogP contribution < -0.4 is 19.1 Å². The highest BCUT2D eigenvalue weighted by Gasteiger charge is 2.24. The Kier molecular flexibility index (Phi) is 5.18. The van der Waals surface area contributed by atoms with Gasteiger partial charge in [0.05, 0.1) is 23.9 Å². The van der Waals surface area contributed by atoms with Crippen LogP contribution >= 0.6 is 11.3 Å². The largest absolute Gasteiger partial charge is 0.497 e. The van der Waals surface area contributed by atoms with Gasteiger partial charge in [-0.2, -0.15) is 0 Å². The third kappa shape index (κ3) is 3.92. The standard InChI is InChI=1S/C24H20N2O4S/c1-28-18-8-9-19-22(14-18)31-24(25-19)26(15-16-5-3-2-4-6-16)23(27)17-7-10-20-21(13-17)30-12-11-29-20/h2-10,13-14H,11-12,15H2,1H3. The Morgan fingerprint density at radius 1 is 1.03 bits per heavy atom. The van der Waals surface area contributed by atoms with Gasteiger partial charge in [-0.05, 0) is 42.0 Å². The second-order valence-electron chi connectivity index (χ2n) is 7.07. The van der Waals surface area contributed by atoms with Crippen molar-refractivity contribution in [3.8, 4) is 17.2 Å². The van der Waals surface area contributed by atoms with Crippen LogP contribution in [0.1, 0.15) is 15.9 Å². The highest BCUT2D eigenvalue weighted by Crippen LogP contribution is 2.35. The quantitative estimate of drug-likeness (QED) is 0.448. The smallest absolute Gasteiger partial charge is 0.260 e. The van der Waals surface area contributed by atoms with E-state index in [0.717, 1.165) is 21.5 Å². The Bertz CT molecular complexity index is 1240. The molecule has 0 atom stereocenters. The number of fused-ring (bicyclic) bond motifs is 2. The van der Waals surface area contributed by atoms with E-state index in [-0.39, 0.29) is 5.91 Å². The van der Waals surface area contributed by atoms with Crippen LogP contribution in [0.4, 0.5) is 5.13 Å². The second kappa shape index (κ2) is 8.28.